The third-order valence-corrected chi connectivity index (χ3v) is 5.38. The zero-order chi connectivity index (χ0) is 21.5. The van der Waals surface area contributed by atoms with Crippen LogP contribution in [0.4, 0.5) is 10.2 Å². The molecule has 6 nitrogen and oxygen atoms in total. The molecule has 0 atom stereocenters. The number of carbonyl (C=O) groups is 2. The van der Waals surface area contributed by atoms with Crippen molar-refractivity contribution in [3.05, 3.63) is 59.5 Å². The van der Waals surface area contributed by atoms with Crippen LogP contribution in [0.15, 0.2) is 42.5 Å². The van der Waals surface area contributed by atoms with Crippen molar-refractivity contribution < 1.29 is 14.0 Å². The minimum absolute atomic E-state index is 0.0357. The Hall–Kier alpha value is -2.96. The Morgan fingerprint density at radius 1 is 1.03 bits per heavy atom. The van der Waals surface area contributed by atoms with Gasteiger partial charge in [0.25, 0.3) is 0 Å². The number of nitrogens with zero attached hydrogens (tertiary/aromatic N) is 4. The Bertz CT molecular complexity index is 889. The van der Waals surface area contributed by atoms with Gasteiger partial charge in [-0.2, -0.15) is 0 Å². The number of halogens is 1. The van der Waals surface area contributed by atoms with Crippen molar-refractivity contribution in [1.82, 2.24) is 14.8 Å². The van der Waals surface area contributed by atoms with Crippen LogP contribution in [0.25, 0.3) is 0 Å². The van der Waals surface area contributed by atoms with Gasteiger partial charge in [0.15, 0.2) is 0 Å². The number of rotatable bonds is 2. The Labute approximate surface area is 177 Å². The predicted octanol–water partition coefficient (Wildman–Crippen LogP) is 2.52. The monoisotopic (exact) mass is 412 g/mol. The molecule has 1 aliphatic rings. The highest BCUT2D eigenvalue weighted by Crippen LogP contribution is 2.13. The van der Waals surface area contributed by atoms with E-state index in [1.165, 1.54) is 12.1 Å². The summed E-state index contributed by atoms with van der Waals surface area (Å²) in [5, 5.41) is 0. The molecule has 3 rings (SSSR count). The summed E-state index contributed by atoms with van der Waals surface area (Å²) in [5.41, 5.74) is 1.58. The zero-order valence-electron chi connectivity index (χ0n) is 17.7. The van der Waals surface area contributed by atoms with E-state index in [4.69, 9.17) is 4.98 Å². The average Bonchev–Trinajstić information content (AvgIpc) is 2.72. The Kier molecular flexibility index (Phi) is 7.38. The number of aryl methyl sites for hydroxylation is 1. The molecule has 0 aliphatic carbocycles. The number of hydrogen-bond acceptors (Lipinski definition) is 4. The molecule has 2 amide bonds. The highest BCUT2D eigenvalue weighted by molar-refractivity contribution is 5.85. The van der Waals surface area contributed by atoms with Gasteiger partial charge in [0.1, 0.15) is 11.6 Å². The van der Waals surface area contributed by atoms with Crippen LogP contribution in [0.3, 0.4) is 0 Å². The van der Waals surface area contributed by atoms with Gasteiger partial charge in [-0.3, -0.25) is 9.59 Å². The second kappa shape index (κ2) is 10.2. The number of likely N-dealkylation sites (N-methyl/N-ethyl adjacent to an activating group) is 1. The lowest BCUT2D eigenvalue weighted by molar-refractivity contribution is -0.139. The van der Waals surface area contributed by atoms with Crippen LogP contribution in [0, 0.1) is 5.82 Å². The molecule has 1 aromatic heterocycles. The normalized spacial score (nSPS) is 16.4. The number of hydrogen-bond donors (Lipinski definition) is 0. The average molecular weight is 413 g/mol. The maximum absolute atomic E-state index is 13.5. The lowest BCUT2D eigenvalue weighted by Gasteiger charge is -2.27. The van der Waals surface area contributed by atoms with Gasteiger partial charge in [-0.25, -0.2) is 9.37 Å². The van der Waals surface area contributed by atoms with Crippen molar-refractivity contribution in [2.75, 3.05) is 45.2 Å². The molecule has 7 heteroatoms. The summed E-state index contributed by atoms with van der Waals surface area (Å²) < 4.78 is 13.5. The Morgan fingerprint density at radius 3 is 2.60 bits per heavy atom. The quantitative estimate of drug-likeness (QED) is 0.761. The Balaban J connectivity index is 1.75. The van der Waals surface area contributed by atoms with E-state index in [0.717, 1.165) is 30.9 Å². The number of carbonyl (C=O) groups excluding carboxylic acids is 2. The van der Waals surface area contributed by atoms with Gasteiger partial charge >= 0.3 is 0 Å². The zero-order valence-corrected chi connectivity index (χ0v) is 17.7. The van der Waals surface area contributed by atoms with E-state index in [1.54, 1.807) is 29.0 Å². The standard InChI is InChI=1S/C23H29FN4O2/c1-26-12-6-13-27(2)23(30)17-28(14-5-10-20-9-4-11-21(26)25-20)22(29)16-18-7-3-8-19(24)15-18/h3-4,7-9,11,15H,5-6,10,12-14,16-17H2,1-2H3. The molecule has 2 aromatic rings. The fourth-order valence-electron chi connectivity index (χ4n) is 3.56. The molecular weight excluding hydrogens is 383 g/mol. The first kappa shape index (κ1) is 21.7. The van der Waals surface area contributed by atoms with Gasteiger partial charge in [0, 0.05) is 39.4 Å². The fourth-order valence-corrected chi connectivity index (χ4v) is 3.56. The summed E-state index contributed by atoms with van der Waals surface area (Å²) in [5.74, 6) is 0.292. The van der Waals surface area contributed by atoms with Crippen LogP contribution >= 0.6 is 0 Å². The number of pyridine rings is 1. The largest absolute Gasteiger partial charge is 0.360 e. The summed E-state index contributed by atoms with van der Waals surface area (Å²) in [6.45, 7) is 1.88. The summed E-state index contributed by atoms with van der Waals surface area (Å²) >= 11 is 0. The topological polar surface area (TPSA) is 56.8 Å². The second-order valence-corrected chi connectivity index (χ2v) is 7.80. The molecule has 1 aromatic carbocycles. The van der Waals surface area contributed by atoms with Gasteiger partial charge in [-0.05, 0) is 49.1 Å². The van der Waals surface area contributed by atoms with Gasteiger partial charge in [-0.1, -0.05) is 18.2 Å². The molecule has 160 valence electrons. The van der Waals surface area contributed by atoms with E-state index in [-0.39, 0.29) is 30.6 Å². The smallest absolute Gasteiger partial charge is 0.241 e. The Morgan fingerprint density at radius 2 is 1.80 bits per heavy atom. The van der Waals surface area contributed by atoms with Gasteiger partial charge in [-0.15, -0.1) is 0 Å². The number of amides is 2. The maximum Gasteiger partial charge on any atom is 0.241 e. The molecule has 0 radical (unpaired) electrons. The first-order valence-electron chi connectivity index (χ1n) is 10.4. The lowest BCUT2D eigenvalue weighted by atomic mass is 10.1. The van der Waals surface area contributed by atoms with Crippen molar-refractivity contribution in [3.8, 4) is 0 Å². The number of benzene rings is 1. The van der Waals surface area contributed by atoms with Crippen molar-refractivity contribution in [3.63, 3.8) is 0 Å². The summed E-state index contributed by atoms with van der Waals surface area (Å²) in [4.78, 5) is 35.7. The molecule has 0 saturated carbocycles. The predicted molar refractivity (Wildman–Crippen MR) is 115 cm³/mol. The molecule has 0 N–H and O–H groups in total. The van der Waals surface area contributed by atoms with Crippen LogP contribution in [-0.4, -0.2) is 66.9 Å². The van der Waals surface area contributed by atoms with E-state index in [2.05, 4.69) is 4.90 Å². The summed E-state index contributed by atoms with van der Waals surface area (Å²) in [7, 11) is 3.77. The minimum atomic E-state index is -0.368. The molecular formula is C23H29FN4O2. The first-order chi connectivity index (χ1) is 14.4. The lowest BCUT2D eigenvalue weighted by Crippen LogP contribution is -2.43. The highest BCUT2D eigenvalue weighted by Gasteiger charge is 2.20. The molecule has 0 spiro atoms. The molecule has 0 fully saturated rings. The molecule has 0 saturated heterocycles. The van der Waals surface area contributed by atoms with E-state index in [9.17, 15) is 14.0 Å². The van der Waals surface area contributed by atoms with E-state index < -0.39 is 0 Å². The van der Waals surface area contributed by atoms with Crippen LogP contribution in [-0.2, 0) is 22.4 Å². The molecule has 2 bridgehead atoms. The number of fused-ring (bicyclic) bond motifs is 2. The third kappa shape index (κ3) is 6.02. The number of anilines is 1. The molecule has 0 unspecified atom stereocenters. The second-order valence-electron chi connectivity index (χ2n) is 7.80. The van der Waals surface area contributed by atoms with Crippen molar-refractivity contribution in [2.45, 2.75) is 25.7 Å². The molecule has 30 heavy (non-hydrogen) atoms. The van der Waals surface area contributed by atoms with Gasteiger partial charge in [0.2, 0.25) is 11.8 Å². The SMILES string of the molecule is CN1CCCN(C)c2cccc(n2)CCCN(C(=O)Cc2cccc(F)c2)CC1=O. The van der Waals surface area contributed by atoms with Gasteiger partial charge in [0.05, 0.1) is 13.0 Å². The number of aromatic nitrogens is 1. The highest BCUT2D eigenvalue weighted by atomic mass is 19.1. The van der Waals surface area contributed by atoms with Crippen molar-refractivity contribution in [1.29, 1.82) is 0 Å². The summed E-state index contributed by atoms with van der Waals surface area (Å²) in [6, 6.07) is 12.0. The fraction of sp³-hybridized carbons (Fsp3) is 0.435. The van der Waals surface area contributed by atoms with Crippen LogP contribution in [0.5, 0.6) is 0 Å². The first-order valence-corrected chi connectivity index (χ1v) is 10.4. The van der Waals surface area contributed by atoms with Crippen LogP contribution in [0.1, 0.15) is 24.1 Å². The third-order valence-electron chi connectivity index (χ3n) is 5.38. The minimum Gasteiger partial charge on any atom is -0.360 e. The van der Waals surface area contributed by atoms with Gasteiger partial charge < -0.3 is 14.7 Å². The van der Waals surface area contributed by atoms with Crippen LogP contribution < -0.4 is 4.90 Å². The van der Waals surface area contributed by atoms with Crippen LogP contribution in [0.2, 0.25) is 0 Å². The van der Waals surface area contributed by atoms with E-state index in [0.29, 0.717) is 25.1 Å². The van der Waals surface area contributed by atoms with Crippen molar-refractivity contribution >= 4 is 17.6 Å². The van der Waals surface area contributed by atoms with E-state index >= 15 is 0 Å². The maximum atomic E-state index is 13.5. The molecule has 1 aliphatic heterocycles. The van der Waals surface area contributed by atoms with Crippen molar-refractivity contribution in [2.24, 2.45) is 0 Å². The van der Waals surface area contributed by atoms with E-state index in [1.807, 2.05) is 25.2 Å². The summed E-state index contributed by atoms with van der Waals surface area (Å²) in [6.07, 6.45) is 2.30. The molecule has 2 heterocycles.